The number of nitrogens with zero attached hydrogens (tertiary/aromatic N) is 2. The third-order valence-electron chi connectivity index (χ3n) is 5.33. The van der Waals surface area contributed by atoms with Gasteiger partial charge in [-0.25, -0.2) is 12.7 Å². The van der Waals surface area contributed by atoms with Gasteiger partial charge in [-0.2, -0.15) is 0 Å². The van der Waals surface area contributed by atoms with Gasteiger partial charge in [0.05, 0.1) is 11.3 Å². The Morgan fingerprint density at radius 3 is 2.39 bits per heavy atom. The number of benzene rings is 1. The van der Waals surface area contributed by atoms with Crippen molar-refractivity contribution in [3.05, 3.63) is 53.3 Å². The minimum atomic E-state index is -3.16. The summed E-state index contributed by atoms with van der Waals surface area (Å²) in [6.07, 6.45) is 1.91. The van der Waals surface area contributed by atoms with Crippen LogP contribution in [0.1, 0.15) is 47.9 Å². The molecule has 0 spiro atoms. The number of aromatic nitrogens is 1. The zero-order chi connectivity index (χ0) is 20.3. The third kappa shape index (κ3) is 4.31. The van der Waals surface area contributed by atoms with Crippen LogP contribution in [-0.2, 0) is 10.0 Å². The smallest absolute Gasteiger partial charge is 0.253 e. The maximum absolute atomic E-state index is 12.9. The molecule has 1 saturated heterocycles. The van der Waals surface area contributed by atoms with E-state index in [1.165, 1.54) is 0 Å². The van der Waals surface area contributed by atoms with E-state index >= 15 is 0 Å². The van der Waals surface area contributed by atoms with Crippen molar-refractivity contribution in [1.29, 1.82) is 0 Å². The highest BCUT2D eigenvalue weighted by atomic mass is 32.2. The van der Waals surface area contributed by atoms with Crippen LogP contribution in [0.15, 0.2) is 36.4 Å². The summed E-state index contributed by atoms with van der Waals surface area (Å²) in [6, 6.07) is 11.9. The van der Waals surface area contributed by atoms with Crippen LogP contribution in [0.4, 0.5) is 0 Å². The van der Waals surface area contributed by atoms with Crippen molar-refractivity contribution in [1.82, 2.24) is 14.2 Å². The molecule has 152 valence electrons. The molecule has 6 nitrogen and oxygen atoms in total. The van der Waals surface area contributed by atoms with Crippen LogP contribution < -0.4 is 5.32 Å². The second-order valence-corrected chi connectivity index (χ2v) is 9.51. The molecule has 0 bridgehead atoms. The number of carbonyl (C=O) groups is 1. The molecule has 1 aromatic carbocycles. The van der Waals surface area contributed by atoms with Gasteiger partial charge in [-0.05, 0) is 51.3 Å². The van der Waals surface area contributed by atoms with Crippen molar-refractivity contribution < 1.29 is 13.2 Å². The molecule has 1 amide bonds. The molecule has 1 N–H and O–H groups in total. The van der Waals surface area contributed by atoms with Gasteiger partial charge >= 0.3 is 0 Å². The first-order valence-corrected chi connectivity index (χ1v) is 11.5. The molecule has 3 rings (SSSR count). The predicted octanol–water partition coefficient (Wildman–Crippen LogP) is 3.03. The molecular weight excluding hydrogens is 374 g/mol. The Morgan fingerprint density at radius 1 is 1.14 bits per heavy atom. The lowest BCUT2D eigenvalue weighted by molar-refractivity contribution is 0.0923. The minimum Gasteiger partial charge on any atom is -0.349 e. The molecule has 1 aliphatic rings. The average Bonchev–Trinajstić information content (AvgIpc) is 2.97. The highest BCUT2D eigenvalue weighted by Gasteiger charge is 2.28. The van der Waals surface area contributed by atoms with Crippen LogP contribution >= 0.6 is 0 Å². The van der Waals surface area contributed by atoms with Crippen molar-refractivity contribution in [2.75, 3.05) is 18.8 Å². The summed E-state index contributed by atoms with van der Waals surface area (Å²) < 4.78 is 28.0. The summed E-state index contributed by atoms with van der Waals surface area (Å²) in [5, 5.41) is 3.10. The van der Waals surface area contributed by atoms with Crippen molar-refractivity contribution in [3.63, 3.8) is 0 Å². The van der Waals surface area contributed by atoms with Gasteiger partial charge in [-0.15, -0.1) is 0 Å². The Hall–Kier alpha value is -2.12. The Morgan fingerprint density at radius 2 is 1.79 bits per heavy atom. The number of amides is 1. The fourth-order valence-corrected chi connectivity index (χ4v) is 5.44. The van der Waals surface area contributed by atoms with Crippen LogP contribution in [0.2, 0.25) is 0 Å². The van der Waals surface area contributed by atoms with Crippen LogP contribution in [0.5, 0.6) is 0 Å². The highest BCUT2D eigenvalue weighted by Crippen LogP contribution is 2.22. The fraction of sp³-hybridized carbons (Fsp3) is 0.476. The van der Waals surface area contributed by atoms with E-state index in [0.717, 1.165) is 17.1 Å². The van der Waals surface area contributed by atoms with Gasteiger partial charge in [-0.1, -0.05) is 25.1 Å². The minimum absolute atomic E-state index is 0.000331. The van der Waals surface area contributed by atoms with Crippen molar-refractivity contribution in [2.24, 2.45) is 0 Å². The molecular formula is C21H29N3O3S. The molecule has 28 heavy (non-hydrogen) atoms. The first kappa shape index (κ1) is 20.6. The van der Waals surface area contributed by atoms with Gasteiger partial charge in [0.25, 0.3) is 5.91 Å². The lowest BCUT2D eigenvalue weighted by Crippen LogP contribution is -2.47. The fourth-order valence-electron chi connectivity index (χ4n) is 3.90. The average molecular weight is 404 g/mol. The monoisotopic (exact) mass is 403 g/mol. The summed E-state index contributed by atoms with van der Waals surface area (Å²) in [5.74, 6) is 0.0975. The lowest BCUT2D eigenvalue weighted by atomic mass is 10.1. The molecule has 0 unspecified atom stereocenters. The standard InChI is InChI=1S/C21H29N3O3S/c1-4-14-28(26,27)23-12-10-18(11-13-23)22-21(25)20-15-16(2)24(17(20)3)19-8-6-5-7-9-19/h5-9,15,18H,4,10-14H2,1-3H3,(H,22,25). The molecule has 2 heterocycles. The van der Waals surface area contributed by atoms with E-state index in [0.29, 0.717) is 37.9 Å². The Balaban J connectivity index is 1.67. The molecule has 0 radical (unpaired) electrons. The van der Waals surface area contributed by atoms with Gasteiger partial charge in [-0.3, -0.25) is 4.79 Å². The van der Waals surface area contributed by atoms with Gasteiger partial charge in [0.15, 0.2) is 0 Å². The maximum atomic E-state index is 12.9. The number of hydrogen-bond donors (Lipinski definition) is 1. The van der Waals surface area contributed by atoms with Crippen molar-refractivity contribution in [3.8, 4) is 5.69 Å². The zero-order valence-corrected chi connectivity index (χ0v) is 17.6. The van der Waals surface area contributed by atoms with Crippen molar-refractivity contribution >= 4 is 15.9 Å². The largest absolute Gasteiger partial charge is 0.349 e. The first-order valence-electron chi connectivity index (χ1n) is 9.86. The Labute approximate surface area is 167 Å². The number of hydrogen-bond acceptors (Lipinski definition) is 3. The molecule has 7 heteroatoms. The number of sulfonamides is 1. The van der Waals surface area contributed by atoms with Gasteiger partial charge in [0.1, 0.15) is 0 Å². The van der Waals surface area contributed by atoms with E-state index in [1.54, 1.807) is 4.31 Å². The number of carbonyl (C=O) groups excluding carboxylic acids is 1. The van der Waals surface area contributed by atoms with Crippen LogP contribution in [0.25, 0.3) is 5.69 Å². The quantitative estimate of drug-likeness (QED) is 0.806. The van der Waals surface area contributed by atoms with Gasteiger partial charge < -0.3 is 9.88 Å². The summed E-state index contributed by atoms with van der Waals surface area (Å²) in [6.45, 7) is 6.76. The zero-order valence-electron chi connectivity index (χ0n) is 16.8. The van der Waals surface area contributed by atoms with Gasteiger partial charge in [0.2, 0.25) is 10.0 Å². The Bertz CT molecular complexity index is 927. The van der Waals surface area contributed by atoms with Crippen LogP contribution in [0.3, 0.4) is 0 Å². The Kier molecular flexibility index (Phi) is 6.25. The second kappa shape index (κ2) is 8.49. The third-order valence-corrected chi connectivity index (χ3v) is 7.41. The summed E-state index contributed by atoms with van der Waals surface area (Å²) in [7, 11) is -3.16. The number of para-hydroxylation sites is 1. The number of rotatable bonds is 6. The highest BCUT2D eigenvalue weighted by molar-refractivity contribution is 7.89. The molecule has 0 atom stereocenters. The predicted molar refractivity (Wildman–Crippen MR) is 111 cm³/mol. The van der Waals surface area contributed by atoms with Gasteiger partial charge in [0, 0.05) is 36.2 Å². The van der Waals surface area contributed by atoms with E-state index < -0.39 is 10.0 Å². The van der Waals surface area contributed by atoms with Crippen LogP contribution in [-0.4, -0.2) is 48.1 Å². The van der Waals surface area contributed by atoms with Crippen LogP contribution in [0, 0.1) is 13.8 Å². The number of aryl methyl sites for hydroxylation is 1. The molecule has 0 saturated carbocycles. The molecule has 1 fully saturated rings. The summed E-state index contributed by atoms with van der Waals surface area (Å²) >= 11 is 0. The molecule has 1 aromatic heterocycles. The maximum Gasteiger partial charge on any atom is 0.253 e. The van der Waals surface area contributed by atoms with E-state index in [2.05, 4.69) is 9.88 Å². The SMILES string of the molecule is CCCS(=O)(=O)N1CCC(NC(=O)c2cc(C)n(-c3ccccc3)c2C)CC1. The first-order chi connectivity index (χ1) is 13.3. The number of piperidine rings is 1. The lowest BCUT2D eigenvalue weighted by Gasteiger charge is -2.31. The summed E-state index contributed by atoms with van der Waals surface area (Å²) in [5.41, 5.74) is 3.62. The number of nitrogens with one attached hydrogen (secondary N) is 1. The van der Waals surface area contributed by atoms with E-state index in [9.17, 15) is 13.2 Å². The summed E-state index contributed by atoms with van der Waals surface area (Å²) in [4.78, 5) is 12.9. The van der Waals surface area contributed by atoms with Crippen molar-refractivity contribution in [2.45, 2.75) is 46.1 Å². The topological polar surface area (TPSA) is 71.4 Å². The molecule has 0 aliphatic carbocycles. The molecule has 1 aliphatic heterocycles. The van der Waals surface area contributed by atoms with E-state index in [4.69, 9.17) is 0 Å². The normalized spacial score (nSPS) is 16.2. The second-order valence-electron chi connectivity index (χ2n) is 7.42. The molecule has 2 aromatic rings. The van der Waals surface area contributed by atoms with E-state index in [-0.39, 0.29) is 17.7 Å². The van der Waals surface area contributed by atoms with E-state index in [1.807, 2.05) is 57.2 Å².